The van der Waals surface area contributed by atoms with Crippen LogP contribution in [0.4, 0.5) is 0 Å². The molecule has 0 atom stereocenters. The lowest BCUT2D eigenvalue weighted by atomic mass is 10.5. The lowest BCUT2D eigenvalue weighted by Crippen LogP contribution is -1.57. The maximum absolute atomic E-state index is 3.89. The molecule has 0 rings (SSSR count). The van der Waals surface area contributed by atoms with E-state index in [4.69, 9.17) is 0 Å². The molecule has 0 radical (unpaired) electrons. The Bertz CT molecular complexity index is 141. The number of aliphatic imine (C=N–C) groups is 1. The molecule has 0 spiro atoms. The minimum atomic E-state index is 1.69. The van der Waals surface area contributed by atoms with Crippen LogP contribution in [0.2, 0.25) is 0 Å². The van der Waals surface area contributed by atoms with Crippen LogP contribution in [-0.2, 0) is 0 Å². The Hall–Kier alpha value is -1.11. The van der Waals surface area contributed by atoms with Crippen molar-refractivity contribution in [3.63, 3.8) is 0 Å². The normalized spacial score (nSPS) is 12.1. The lowest BCUT2D eigenvalue weighted by Gasteiger charge is -1.70. The fraction of sp³-hybridized carbons (Fsp3) is 0.125. The molecule has 9 heavy (non-hydrogen) atoms. The summed E-state index contributed by atoms with van der Waals surface area (Å²) < 4.78 is 0. The molecule has 0 aromatic carbocycles. The molecular formula is C8H11N. The zero-order valence-corrected chi connectivity index (χ0v) is 5.62. The van der Waals surface area contributed by atoms with E-state index in [1.807, 2.05) is 19.1 Å². The summed E-state index contributed by atoms with van der Waals surface area (Å²) in [5, 5.41) is 0. The molecule has 1 heteroatoms. The third-order valence-electron chi connectivity index (χ3n) is 0.673. The van der Waals surface area contributed by atoms with Crippen LogP contribution in [0, 0.1) is 0 Å². The SMILES string of the molecule is C=C\C=C/N=C\C=C/C. The second-order valence-corrected chi connectivity index (χ2v) is 1.40. The van der Waals surface area contributed by atoms with Gasteiger partial charge >= 0.3 is 0 Å². The maximum atomic E-state index is 3.89. The average Bonchev–Trinajstić information content (AvgIpc) is 1.89. The lowest BCUT2D eigenvalue weighted by molar-refractivity contribution is 1.59. The van der Waals surface area contributed by atoms with Crippen LogP contribution in [0.3, 0.4) is 0 Å². The summed E-state index contributed by atoms with van der Waals surface area (Å²) in [4.78, 5) is 3.89. The van der Waals surface area contributed by atoms with E-state index in [2.05, 4.69) is 11.6 Å². The van der Waals surface area contributed by atoms with Crippen LogP contribution >= 0.6 is 0 Å². The first-order valence-electron chi connectivity index (χ1n) is 2.84. The van der Waals surface area contributed by atoms with Crippen molar-refractivity contribution in [1.29, 1.82) is 0 Å². The van der Waals surface area contributed by atoms with Crippen LogP contribution in [0.5, 0.6) is 0 Å². The number of hydrogen-bond acceptors (Lipinski definition) is 1. The van der Waals surface area contributed by atoms with Gasteiger partial charge in [-0.2, -0.15) is 0 Å². The van der Waals surface area contributed by atoms with Crippen LogP contribution < -0.4 is 0 Å². The Morgan fingerprint density at radius 3 is 2.67 bits per heavy atom. The van der Waals surface area contributed by atoms with E-state index in [0.29, 0.717) is 0 Å². The summed E-state index contributed by atoms with van der Waals surface area (Å²) in [6.45, 7) is 5.45. The Kier molecular flexibility index (Phi) is 6.04. The quantitative estimate of drug-likeness (QED) is 0.401. The molecule has 0 unspecified atom stereocenters. The van der Waals surface area contributed by atoms with E-state index in [1.165, 1.54) is 0 Å². The van der Waals surface area contributed by atoms with Gasteiger partial charge < -0.3 is 0 Å². The molecule has 0 amide bonds. The predicted octanol–water partition coefficient (Wildman–Crippen LogP) is 2.33. The van der Waals surface area contributed by atoms with Gasteiger partial charge in [-0.05, 0) is 19.1 Å². The van der Waals surface area contributed by atoms with Gasteiger partial charge in [0.1, 0.15) is 0 Å². The van der Waals surface area contributed by atoms with E-state index in [9.17, 15) is 0 Å². The smallest absolute Gasteiger partial charge is 0.0267 e. The zero-order chi connectivity index (χ0) is 6.95. The van der Waals surface area contributed by atoms with Crippen LogP contribution in [0.15, 0.2) is 42.1 Å². The Balaban J connectivity index is 3.46. The van der Waals surface area contributed by atoms with Gasteiger partial charge in [0.2, 0.25) is 0 Å². The summed E-state index contributed by atoms with van der Waals surface area (Å²) in [5.74, 6) is 0. The van der Waals surface area contributed by atoms with Gasteiger partial charge in [-0.15, -0.1) is 0 Å². The first-order valence-corrected chi connectivity index (χ1v) is 2.84. The van der Waals surface area contributed by atoms with E-state index in [-0.39, 0.29) is 0 Å². The highest BCUT2D eigenvalue weighted by molar-refractivity contribution is 5.71. The summed E-state index contributed by atoms with van der Waals surface area (Å²) >= 11 is 0. The molecule has 0 aliphatic heterocycles. The third-order valence-corrected chi connectivity index (χ3v) is 0.673. The molecule has 0 aromatic rings. The standard InChI is InChI=1S/C8H11N/c1-3-5-7-9-8-6-4-2/h3-8H,1H2,2H3/b6-4-,7-5-,9-8-. The number of nitrogens with zero attached hydrogens (tertiary/aromatic N) is 1. The molecule has 0 saturated heterocycles. The summed E-state index contributed by atoms with van der Waals surface area (Å²) in [6, 6.07) is 0. The molecule has 0 saturated carbocycles. The molecule has 0 bridgehead atoms. The molecule has 0 N–H and O–H groups in total. The third kappa shape index (κ3) is 6.89. The van der Waals surface area contributed by atoms with Gasteiger partial charge in [-0.1, -0.05) is 18.7 Å². The number of rotatable bonds is 3. The van der Waals surface area contributed by atoms with Gasteiger partial charge in [0, 0.05) is 12.4 Å². The van der Waals surface area contributed by atoms with Crippen molar-refractivity contribution < 1.29 is 0 Å². The van der Waals surface area contributed by atoms with Gasteiger partial charge in [0.15, 0.2) is 0 Å². The highest BCUT2D eigenvalue weighted by Crippen LogP contribution is 1.74. The van der Waals surface area contributed by atoms with E-state index in [1.54, 1.807) is 24.6 Å². The van der Waals surface area contributed by atoms with Crippen molar-refractivity contribution in [2.45, 2.75) is 6.92 Å². The van der Waals surface area contributed by atoms with E-state index < -0.39 is 0 Å². The van der Waals surface area contributed by atoms with Gasteiger partial charge in [-0.3, -0.25) is 4.99 Å². The van der Waals surface area contributed by atoms with Crippen molar-refractivity contribution in [2.75, 3.05) is 0 Å². The maximum Gasteiger partial charge on any atom is 0.0267 e. The summed E-state index contributed by atoms with van der Waals surface area (Å²) in [5.41, 5.74) is 0. The second kappa shape index (κ2) is 6.89. The van der Waals surface area contributed by atoms with E-state index >= 15 is 0 Å². The van der Waals surface area contributed by atoms with Crippen molar-refractivity contribution in [2.24, 2.45) is 4.99 Å². The fourth-order valence-corrected chi connectivity index (χ4v) is 0.296. The molecule has 0 aliphatic rings. The Labute approximate surface area is 56.1 Å². The molecule has 0 fully saturated rings. The van der Waals surface area contributed by atoms with Gasteiger partial charge in [0.05, 0.1) is 0 Å². The van der Waals surface area contributed by atoms with Crippen molar-refractivity contribution in [3.05, 3.63) is 37.1 Å². The topological polar surface area (TPSA) is 12.4 Å². The van der Waals surface area contributed by atoms with Crippen LogP contribution in [0.25, 0.3) is 0 Å². The Morgan fingerprint density at radius 1 is 1.33 bits per heavy atom. The summed E-state index contributed by atoms with van der Waals surface area (Å²) in [7, 11) is 0. The molecular weight excluding hydrogens is 110 g/mol. The van der Waals surface area contributed by atoms with Crippen molar-refractivity contribution in [1.82, 2.24) is 0 Å². The van der Waals surface area contributed by atoms with Crippen molar-refractivity contribution in [3.8, 4) is 0 Å². The largest absolute Gasteiger partial charge is 0.265 e. The molecule has 0 aromatic heterocycles. The summed E-state index contributed by atoms with van der Waals surface area (Å²) in [6.07, 6.45) is 10.7. The molecule has 0 aliphatic carbocycles. The molecule has 0 heterocycles. The fourth-order valence-electron chi connectivity index (χ4n) is 0.296. The highest BCUT2D eigenvalue weighted by atomic mass is 14.6. The number of allylic oxidation sites excluding steroid dienone is 4. The minimum absolute atomic E-state index is 1.69. The van der Waals surface area contributed by atoms with Gasteiger partial charge in [0.25, 0.3) is 0 Å². The highest BCUT2D eigenvalue weighted by Gasteiger charge is 1.57. The second-order valence-electron chi connectivity index (χ2n) is 1.40. The molecule has 1 nitrogen and oxygen atoms in total. The zero-order valence-electron chi connectivity index (χ0n) is 5.62. The monoisotopic (exact) mass is 121 g/mol. The predicted molar refractivity (Wildman–Crippen MR) is 42.6 cm³/mol. The van der Waals surface area contributed by atoms with Gasteiger partial charge in [-0.25, -0.2) is 0 Å². The average molecular weight is 121 g/mol. The Morgan fingerprint density at radius 2 is 2.11 bits per heavy atom. The first-order chi connectivity index (χ1) is 4.41. The molecule has 48 valence electrons. The van der Waals surface area contributed by atoms with Crippen LogP contribution in [-0.4, -0.2) is 6.21 Å². The van der Waals surface area contributed by atoms with Crippen LogP contribution in [0.1, 0.15) is 6.92 Å². The van der Waals surface area contributed by atoms with Crippen molar-refractivity contribution >= 4 is 6.21 Å². The van der Waals surface area contributed by atoms with E-state index in [0.717, 1.165) is 0 Å². The number of hydrogen-bond donors (Lipinski definition) is 0. The first kappa shape index (κ1) is 7.89. The minimum Gasteiger partial charge on any atom is -0.265 e.